The van der Waals surface area contributed by atoms with Gasteiger partial charge >= 0.3 is 6.09 Å². The lowest BCUT2D eigenvalue weighted by Gasteiger charge is -2.06. The molecule has 0 saturated carbocycles. The zero-order chi connectivity index (χ0) is 14.3. The van der Waals surface area contributed by atoms with E-state index in [1.165, 1.54) is 10.9 Å². The number of hydrogen-bond donors (Lipinski definition) is 2. The summed E-state index contributed by atoms with van der Waals surface area (Å²) in [7, 11) is 0. The van der Waals surface area contributed by atoms with E-state index in [2.05, 4.69) is 20.9 Å². The summed E-state index contributed by atoms with van der Waals surface area (Å²) in [5.74, 6) is 0.483. The maximum Gasteiger partial charge on any atom is 0.412 e. The van der Waals surface area contributed by atoms with E-state index >= 15 is 0 Å². The predicted octanol–water partition coefficient (Wildman–Crippen LogP) is 0.619. The number of ether oxygens (including phenoxy) is 1. The first-order chi connectivity index (χ1) is 9.01. The largest absolute Gasteiger partial charge is 0.450 e. The van der Waals surface area contributed by atoms with Crippen LogP contribution in [0, 0.1) is 5.92 Å². The van der Waals surface area contributed by atoms with Crippen molar-refractivity contribution in [3.05, 3.63) is 6.20 Å². The molecule has 2 amide bonds. The average molecular weight is 269 g/mol. The topological polar surface area (TPSA) is 98.1 Å². The minimum Gasteiger partial charge on any atom is -0.450 e. The summed E-state index contributed by atoms with van der Waals surface area (Å²) in [6.45, 7) is 6.67. The lowest BCUT2D eigenvalue weighted by atomic mass is 10.2. The van der Waals surface area contributed by atoms with Gasteiger partial charge in [0.05, 0.1) is 12.8 Å². The van der Waals surface area contributed by atoms with E-state index < -0.39 is 6.09 Å². The highest BCUT2D eigenvalue weighted by molar-refractivity contribution is 5.83. The van der Waals surface area contributed by atoms with E-state index in [1.807, 2.05) is 13.8 Å². The first-order valence-corrected chi connectivity index (χ1v) is 6.11. The summed E-state index contributed by atoms with van der Waals surface area (Å²) >= 11 is 0. The van der Waals surface area contributed by atoms with Crippen LogP contribution in [0.1, 0.15) is 20.8 Å². The molecular weight excluding hydrogens is 250 g/mol. The summed E-state index contributed by atoms with van der Waals surface area (Å²) < 4.78 is 6.04. The molecule has 0 radical (unpaired) electrons. The summed E-state index contributed by atoms with van der Waals surface area (Å²) in [6, 6.07) is 0. The van der Waals surface area contributed by atoms with E-state index in [-0.39, 0.29) is 24.9 Å². The predicted molar refractivity (Wildman–Crippen MR) is 68.5 cm³/mol. The molecule has 1 heterocycles. The highest BCUT2D eigenvalue weighted by Gasteiger charge is 2.08. The molecule has 0 aliphatic carbocycles. The van der Waals surface area contributed by atoms with Crippen molar-refractivity contribution in [2.45, 2.75) is 27.3 Å². The van der Waals surface area contributed by atoms with Crippen LogP contribution in [-0.4, -0.2) is 40.1 Å². The van der Waals surface area contributed by atoms with Gasteiger partial charge in [-0.15, -0.1) is 5.10 Å². The van der Waals surface area contributed by atoms with E-state index in [0.29, 0.717) is 12.5 Å². The van der Waals surface area contributed by atoms with Crippen LogP contribution in [0.15, 0.2) is 6.20 Å². The first-order valence-electron chi connectivity index (χ1n) is 6.11. The molecule has 0 fully saturated rings. The molecular formula is C11H19N5O3. The van der Waals surface area contributed by atoms with Crippen LogP contribution in [0.2, 0.25) is 0 Å². The number of nitrogens with zero attached hydrogens (tertiary/aromatic N) is 3. The van der Waals surface area contributed by atoms with Crippen molar-refractivity contribution in [2.75, 3.05) is 18.5 Å². The summed E-state index contributed by atoms with van der Waals surface area (Å²) in [5.41, 5.74) is 0. The first kappa shape index (κ1) is 14.9. The molecule has 106 valence electrons. The molecule has 0 saturated heterocycles. The standard InChI is InChI=1S/C11H19N5O3/c1-4-19-11(18)13-9-6-16(15-14-9)7-10(17)12-5-8(2)3/h6,8H,4-5,7H2,1-3H3,(H,12,17)(H,13,18). The van der Waals surface area contributed by atoms with Crippen LogP contribution in [0.3, 0.4) is 0 Å². The third-order valence-electron chi connectivity index (χ3n) is 2.06. The van der Waals surface area contributed by atoms with Gasteiger partial charge in [-0.3, -0.25) is 10.1 Å². The SMILES string of the molecule is CCOC(=O)Nc1cn(CC(=O)NCC(C)C)nn1. The molecule has 8 heteroatoms. The Hall–Kier alpha value is -2.12. The maximum absolute atomic E-state index is 11.5. The van der Waals surface area contributed by atoms with Gasteiger partial charge < -0.3 is 10.1 Å². The second-order valence-electron chi connectivity index (χ2n) is 4.34. The number of carbonyl (C=O) groups is 2. The van der Waals surface area contributed by atoms with Crippen LogP contribution in [0.5, 0.6) is 0 Å². The monoisotopic (exact) mass is 269 g/mol. The van der Waals surface area contributed by atoms with Gasteiger partial charge in [-0.25, -0.2) is 9.48 Å². The van der Waals surface area contributed by atoms with Crippen molar-refractivity contribution in [2.24, 2.45) is 5.92 Å². The molecule has 1 aromatic heterocycles. The molecule has 0 atom stereocenters. The Labute approximate surface area is 111 Å². The van der Waals surface area contributed by atoms with Gasteiger partial charge in [0.25, 0.3) is 0 Å². The molecule has 0 aromatic carbocycles. The van der Waals surface area contributed by atoms with Gasteiger partial charge in [-0.2, -0.15) is 0 Å². The Balaban J connectivity index is 2.42. The molecule has 1 aromatic rings. The maximum atomic E-state index is 11.5. The van der Waals surface area contributed by atoms with Gasteiger partial charge in [-0.05, 0) is 12.8 Å². The Bertz CT molecular complexity index is 430. The average Bonchev–Trinajstić information content (AvgIpc) is 2.74. The van der Waals surface area contributed by atoms with Crippen LogP contribution in [-0.2, 0) is 16.1 Å². The van der Waals surface area contributed by atoms with Crippen LogP contribution >= 0.6 is 0 Å². The van der Waals surface area contributed by atoms with Crippen molar-refractivity contribution in [1.82, 2.24) is 20.3 Å². The van der Waals surface area contributed by atoms with Crippen molar-refractivity contribution in [3.8, 4) is 0 Å². The van der Waals surface area contributed by atoms with Gasteiger partial charge in [0, 0.05) is 6.54 Å². The van der Waals surface area contributed by atoms with Gasteiger partial charge in [0.2, 0.25) is 5.91 Å². The molecule has 0 unspecified atom stereocenters. The van der Waals surface area contributed by atoms with Crippen LogP contribution in [0.4, 0.5) is 10.6 Å². The molecule has 0 spiro atoms. The molecule has 1 rings (SSSR count). The van der Waals surface area contributed by atoms with Crippen molar-refractivity contribution >= 4 is 17.8 Å². The fourth-order valence-electron chi connectivity index (χ4n) is 1.23. The number of anilines is 1. The van der Waals surface area contributed by atoms with Crippen molar-refractivity contribution in [1.29, 1.82) is 0 Å². The normalized spacial score (nSPS) is 10.3. The molecule has 2 N–H and O–H groups in total. The number of aromatic nitrogens is 3. The number of nitrogens with one attached hydrogen (secondary N) is 2. The fraction of sp³-hybridized carbons (Fsp3) is 0.636. The number of hydrogen-bond acceptors (Lipinski definition) is 5. The third-order valence-corrected chi connectivity index (χ3v) is 2.06. The fourth-order valence-corrected chi connectivity index (χ4v) is 1.23. The van der Waals surface area contributed by atoms with Gasteiger partial charge in [0.15, 0.2) is 5.82 Å². The number of carbonyl (C=O) groups excluding carboxylic acids is 2. The summed E-state index contributed by atoms with van der Waals surface area (Å²) in [5, 5.41) is 12.6. The smallest absolute Gasteiger partial charge is 0.412 e. The summed E-state index contributed by atoms with van der Waals surface area (Å²) in [4.78, 5) is 22.7. The van der Waals surface area contributed by atoms with Gasteiger partial charge in [-0.1, -0.05) is 19.1 Å². The van der Waals surface area contributed by atoms with Crippen LogP contribution < -0.4 is 10.6 Å². The highest BCUT2D eigenvalue weighted by atomic mass is 16.5. The van der Waals surface area contributed by atoms with E-state index in [9.17, 15) is 9.59 Å². The van der Waals surface area contributed by atoms with Gasteiger partial charge in [0.1, 0.15) is 6.54 Å². The Morgan fingerprint density at radius 2 is 2.21 bits per heavy atom. The molecule has 8 nitrogen and oxygen atoms in total. The Morgan fingerprint density at radius 3 is 2.84 bits per heavy atom. The number of rotatable bonds is 6. The van der Waals surface area contributed by atoms with Crippen molar-refractivity contribution < 1.29 is 14.3 Å². The third kappa shape index (κ3) is 5.84. The molecule has 0 bridgehead atoms. The summed E-state index contributed by atoms with van der Waals surface area (Å²) in [6.07, 6.45) is 0.866. The number of amides is 2. The highest BCUT2D eigenvalue weighted by Crippen LogP contribution is 2.00. The lowest BCUT2D eigenvalue weighted by molar-refractivity contribution is -0.122. The van der Waals surface area contributed by atoms with Crippen molar-refractivity contribution in [3.63, 3.8) is 0 Å². The second-order valence-corrected chi connectivity index (χ2v) is 4.34. The van der Waals surface area contributed by atoms with E-state index in [4.69, 9.17) is 4.74 Å². The minimum absolute atomic E-state index is 0.0597. The van der Waals surface area contributed by atoms with E-state index in [0.717, 1.165) is 0 Å². The second kappa shape index (κ2) is 7.34. The van der Waals surface area contributed by atoms with Crippen LogP contribution in [0.25, 0.3) is 0 Å². The molecule has 19 heavy (non-hydrogen) atoms. The zero-order valence-corrected chi connectivity index (χ0v) is 11.3. The minimum atomic E-state index is -0.598. The Morgan fingerprint density at radius 1 is 1.47 bits per heavy atom. The lowest BCUT2D eigenvalue weighted by Crippen LogP contribution is -2.30. The molecule has 0 aliphatic rings. The Kier molecular flexibility index (Phi) is 5.77. The molecule has 0 aliphatic heterocycles. The van der Waals surface area contributed by atoms with E-state index in [1.54, 1.807) is 6.92 Å². The quantitative estimate of drug-likeness (QED) is 0.788. The zero-order valence-electron chi connectivity index (χ0n) is 11.3.